The van der Waals surface area contributed by atoms with Gasteiger partial charge < -0.3 is 20.1 Å². The Kier molecular flexibility index (Phi) is 5.03. The largest absolute Gasteiger partial charge is 0.454 e. The number of thiophene rings is 1. The predicted molar refractivity (Wildman–Crippen MR) is 102 cm³/mol. The van der Waals surface area contributed by atoms with Crippen molar-refractivity contribution in [1.82, 2.24) is 10.6 Å². The number of benzene rings is 1. The first-order valence-corrected chi connectivity index (χ1v) is 10.0. The zero-order valence-electron chi connectivity index (χ0n) is 15.0. The Hall–Kier alpha value is -2.54. The third kappa shape index (κ3) is 4.24. The summed E-state index contributed by atoms with van der Waals surface area (Å²) in [7, 11) is 0. The molecule has 1 unspecified atom stereocenters. The lowest BCUT2D eigenvalue weighted by atomic mass is 9.85. The van der Waals surface area contributed by atoms with Crippen molar-refractivity contribution in [3.8, 4) is 11.5 Å². The lowest BCUT2D eigenvalue weighted by Gasteiger charge is -2.29. The number of rotatable bonds is 7. The summed E-state index contributed by atoms with van der Waals surface area (Å²) in [6, 6.07) is 7.86. The van der Waals surface area contributed by atoms with Gasteiger partial charge in [0.2, 0.25) is 18.6 Å². The Morgan fingerprint density at radius 2 is 2.11 bits per heavy atom. The molecule has 7 heteroatoms. The minimum Gasteiger partial charge on any atom is -0.454 e. The van der Waals surface area contributed by atoms with E-state index >= 15 is 0 Å². The van der Waals surface area contributed by atoms with Crippen LogP contribution in [0.4, 0.5) is 0 Å². The van der Waals surface area contributed by atoms with Crippen molar-refractivity contribution in [2.24, 2.45) is 0 Å². The molecule has 142 valence electrons. The van der Waals surface area contributed by atoms with Crippen LogP contribution in [0.2, 0.25) is 0 Å². The SMILES string of the molecule is O=C(CCC1(Cc2ccc3c(c2)OCO3)CCC(=O)N1)NCc1ccsc1. The van der Waals surface area contributed by atoms with E-state index in [9.17, 15) is 9.59 Å². The Balaban J connectivity index is 1.38. The minimum absolute atomic E-state index is 0.00686. The summed E-state index contributed by atoms with van der Waals surface area (Å²) in [5.41, 5.74) is 1.79. The summed E-state index contributed by atoms with van der Waals surface area (Å²) >= 11 is 1.62. The van der Waals surface area contributed by atoms with E-state index < -0.39 is 0 Å². The highest BCUT2D eigenvalue weighted by molar-refractivity contribution is 7.07. The van der Waals surface area contributed by atoms with Crippen molar-refractivity contribution in [1.29, 1.82) is 0 Å². The average molecular weight is 386 g/mol. The minimum atomic E-state index is -0.384. The molecule has 1 saturated heterocycles. The molecule has 1 aromatic carbocycles. The lowest BCUT2D eigenvalue weighted by Crippen LogP contribution is -2.44. The van der Waals surface area contributed by atoms with Gasteiger partial charge in [0.25, 0.3) is 0 Å². The maximum absolute atomic E-state index is 12.3. The fourth-order valence-electron chi connectivity index (χ4n) is 3.66. The Morgan fingerprint density at radius 1 is 1.22 bits per heavy atom. The molecule has 2 aliphatic rings. The molecule has 1 aromatic heterocycles. The van der Waals surface area contributed by atoms with Crippen LogP contribution in [0.3, 0.4) is 0 Å². The monoisotopic (exact) mass is 386 g/mol. The molecule has 2 aliphatic heterocycles. The maximum atomic E-state index is 12.3. The molecule has 0 spiro atoms. The fourth-order valence-corrected chi connectivity index (χ4v) is 4.33. The Morgan fingerprint density at radius 3 is 2.89 bits per heavy atom. The van der Waals surface area contributed by atoms with E-state index in [0.717, 1.165) is 29.0 Å². The number of nitrogens with one attached hydrogen (secondary N) is 2. The van der Waals surface area contributed by atoms with Crippen LogP contribution >= 0.6 is 11.3 Å². The van der Waals surface area contributed by atoms with E-state index in [2.05, 4.69) is 10.6 Å². The van der Waals surface area contributed by atoms with Crippen LogP contribution in [0.1, 0.15) is 36.8 Å². The van der Waals surface area contributed by atoms with Crippen LogP contribution in [0.5, 0.6) is 11.5 Å². The molecule has 2 aromatic rings. The molecule has 0 bridgehead atoms. The summed E-state index contributed by atoms with van der Waals surface area (Å²) < 4.78 is 10.8. The average Bonchev–Trinajstić information content (AvgIpc) is 3.40. The third-order valence-corrected chi connectivity index (χ3v) is 5.85. The molecule has 0 saturated carbocycles. The first-order valence-electron chi connectivity index (χ1n) is 9.09. The van der Waals surface area contributed by atoms with Gasteiger partial charge in [0.15, 0.2) is 11.5 Å². The van der Waals surface area contributed by atoms with Crippen LogP contribution in [0.25, 0.3) is 0 Å². The molecule has 27 heavy (non-hydrogen) atoms. The van der Waals surface area contributed by atoms with E-state index in [0.29, 0.717) is 32.2 Å². The second-order valence-corrected chi connectivity index (χ2v) is 7.88. The summed E-state index contributed by atoms with van der Waals surface area (Å²) in [5, 5.41) is 10.1. The van der Waals surface area contributed by atoms with Gasteiger partial charge in [-0.25, -0.2) is 0 Å². The molecule has 1 atom stereocenters. The van der Waals surface area contributed by atoms with Gasteiger partial charge in [0, 0.05) is 24.9 Å². The molecule has 2 N–H and O–H groups in total. The van der Waals surface area contributed by atoms with Crippen LogP contribution < -0.4 is 20.1 Å². The molecule has 3 heterocycles. The van der Waals surface area contributed by atoms with Crippen molar-refractivity contribution >= 4 is 23.2 Å². The third-order valence-electron chi connectivity index (χ3n) is 5.12. The van der Waals surface area contributed by atoms with Gasteiger partial charge in [-0.1, -0.05) is 6.07 Å². The molecule has 1 fully saturated rings. The molecule has 2 amide bonds. The predicted octanol–water partition coefficient (Wildman–Crippen LogP) is 2.76. The van der Waals surface area contributed by atoms with Crippen molar-refractivity contribution < 1.29 is 19.1 Å². The lowest BCUT2D eigenvalue weighted by molar-refractivity contribution is -0.122. The summed E-state index contributed by atoms with van der Waals surface area (Å²) in [4.78, 5) is 24.2. The zero-order chi connectivity index (χ0) is 18.7. The van der Waals surface area contributed by atoms with Gasteiger partial charge in [-0.3, -0.25) is 9.59 Å². The van der Waals surface area contributed by atoms with E-state index in [4.69, 9.17) is 9.47 Å². The number of hydrogen-bond donors (Lipinski definition) is 2. The van der Waals surface area contributed by atoms with Gasteiger partial charge in [-0.05, 0) is 59.3 Å². The molecule has 6 nitrogen and oxygen atoms in total. The Labute approximate surface area is 161 Å². The van der Waals surface area contributed by atoms with Gasteiger partial charge in [-0.15, -0.1) is 0 Å². The number of carbonyl (C=O) groups is 2. The number of hydrogen-bond acceptors (Lipinski definition) is 5. The van der Waals surface area contributed by atoms with Gasteiger partial charge >= 0.3 is 0 Å². The highest BCUT2D eigenvalue weighted by Gasteiger charge is 2.38. The normalized spacial score (nSPS) is 20.5. The van der Waals surface area contributed by atoms with E-state index in [-0.39, 0.29) is 24.1 Å². The molecular formula is C20H22N2O4S. The maximum Gasteiger partial charge on any atom is 0.231 e. The van der Waals surface area contributed by atoms with Crippen LogP contribution in [0.15, 0.2) is 35.0 Å². The summed E-state index contributed by atoms with van der Waals surface area (Å²) in [5.74, 6) is 1.54. The molecular weight excluding hydrogens is 364 g/mol. The topological polar surface area (TPSA) is 76.7 Å². The molecule has 4 rings (SSSR count). The van der Waals surface area contributed by atoms with Crippen molar-refractivity contribution in [3.05, 3.63) is 46.2 Å². The van der Waals surface area contributed by atoms with Crippen LogP contribution in [0, 0.1) is 0 Å². The number of carbonyl (C=O) groups excluding carboxylic acids is 2. The standard InChI is InChI=1S/C20H22N2O4S/c23-18(21-11-15-5-8-27-12-15)3-6-20(7-4-19(24)22-20)10-14-1-2-16-17(9-14)26-13-25-16/h1-2,5,8-9,12H,3-4,6-7,10-11,13H2,(H,21,23)(H,22,24). The van der Waals surface area contributed by atoms with E-state index in [1.165, 1.54) is 0 Å². The second kappa shape index (κ2) is 7.60. The van der Waals surface area contributed by atoms with Crippen LogP contribution in [-0.4, -0.2) is 24.1 Å². The first-order chi connectivity index (χ1) is 13.1. The molecule has 0 radical (unpaired) electrons. The quantitative estimate of drug-likeness (QED) is 0.767. The molecule has 0 aliphatic carbocycles. The summed E-state index contributed by atoms with van der Waals surface area (Å²) in [6.07, 6.45) is 2.91. The number of ether oxygens (including phenoxy) is 2. The fraction of sp³-hybridized carbons (Fsp3) is 0.400. The van der Waals surface area contributed by atoms with Gasteiger partial charge in [0.05, 0.1) is 0 Å². The van der Waals surface area contributed by atoms with E-state index in [1.54, 1.807) is 11.3 Å². The Bertz CT molecular complexity index is 837. The summed E-state index contributed by atoms with van der Waals surface area (Å²) in [6.45, 7) is 0.787. The highest BCUT2D eigenvalue weighted by Crippen LogP contribution is 2.35. The number of amides is 2. The van der Waals surface area contributed by atoms with Crippen LogP contribution in [-0.2, 0) is 22.6 Å². The first kappa shape index (κ1) is 17.9. The zero-order valence-corrected chi connectivity index (χ0v) is 15.8. The van der Waals surface area contributed by atoms with Gasteiger partial charge in [-0.2, -0.15) is 11.3 Å². The van der Waals surface area contributed by atoms with Crippen molar-refractivity contribution in [2.75, 3.05) is 6.79 Å². The highest BCUT2D eigenvalue weighted by atomic mass is 32.1. The van der Waals surface area contributed by atoms with E-state index in [1.807, 2.05) is 35.0 Å². The second-order valence-electron chi connectivity index (χ2n) is 7.10. The van der Waals surface area contributed by atoms with Crippen molar-refractivity contribution in [3.63, 3.8) is 0 Å². The smallest absolute Gasteiger partial charge is 0.231 e. The van der Waals surface area contributed by atoms with Gasteiger partial charge in [0.1, 0.15) is 0 Å². The van der Waals surface area contributed by atoms with Crippen molar-refractivity contribution in [2.45, 2.75) is 44.2 Å². The number of fused-ring (bicyclic) bond motifs is 1.